The fraction of sp³-hybridized carbons (Fsp3) is 0.455. The molecule has 1 atom stereocenters. The van der Waals surface area contributed by atoms with Gasteiger partial charge in [-0.3, -0.25) is 0 Å². The number of rotatable bonds is 2. The molecule has 1 aliphatic rings. The van der Waals surface area contributed by atoms with Gasteiger partial charge in [0.2, 0.25) is 0 Å². The first-order valence-electron chi connectivity index (χ1n) is 4.71. The van der Waals surface area contributed by atoms with Gasteiger partial charge in [-0.05, 0) is 6.42 Å². The Morgan fingerprint density at radius 2 is 2.40 bits per heavy atom. The molecule has 1 radical (unpaired) electrons. The van der Waals surface area contributed by atoms with Crippen molar-refractivity contribution in [3.63, 3.8) is 0 Å². The monoisotopic (exact) mass is 344 g/mol. The van der Waals surface area contributed by atoms with Crippen LogP contribution >= 0.6 is 16.3 Å². The van der Waals surface area contributed by atoms with Crippen LogP contribution in [-0.2, 0) is 43.0 Å². The number of ether oxygens (including phenoxy) is 1. The van der Waals surface area contributed by atoms with Gasteiger partial charge in [0.1, 0.15) is 6.10 Å². The van der Waals surface area contributed by atoms with Gasteiger partial charge in [-0.2, -0.15) is 17.7 Å². The zero-order chi connectivity index (χ0) is 9.97. The van der Waals surface area contributed by atoms with Crippen molar-refractivity contribution in [3.05, 3.63) is 29.3 Å². The van der Waals surface area contributed by atoms with Gasteiger partial charge in [0, 0.05) is 38.5 Å². The van der Waals surface area contributed by atoms with E-state index in [2.05, 4.69) is 34.5 Å². The predicted octanol–water partition coefficient (Wildman–Crippen LogP) is 2.81. The number of hydrogen-bond donors (Lipinski definition) is 0. The van der Waals surface area contributed by atoms with Crippen LogP contribution in [0.1, 0.15) is 17.5 Å². The van der Waals surface area contributed by atoms with Crippen molar-refractivity contribution in [3.8, 4) is 5.75 Å². The summed E-state index contributed by atoms with van der Waals surface area (Å²) in [4.78, 5) is 0. The van der Waals surface area contributed by atoms with Crippen LogP contribution < -0.4 is 4.74 Å². The molecule has 0 bridgehead atoms. The molecule has 2 rings (SSSR count). The van der Waals surface area contributed by atoms with Crippen molar-refractivity contribution in [1.82, 2.24) is 0 Å². The molecule has 2 nitrogen and oxygen atoms in total. The molecule has 0 aromatic heterocycles. The van der Waals surface area contributed by atoms with E-state index in [1.807, 2.05) is 6.92 Å². The molecule has 0 unspecified atom stereocenters. The van der Waals surface area contributed by atoms with Crippen LogP contribution in [0.15, 0.2) is 12.1 Å². The minimum atomic E-state index is 0. The van der Waals surface area contributed by atoms with E-state index in [9.17, 15) is 0 Å². The first-order valence-corrected chi connectivity index (χ1v) is 5.36. The number of benzene rings is 1. The third-order valence-corrected chi connectivity index (χ3v) is 2.67. The molecule has 1 aromatic rings. The average Bonchev–Trinajstić information content (AvgIpc) is 2.17. The summed E-state index contributed by atoms with van der Waals surface area (Å²) in [5.41, 5.74) is 2.37. The standard InChI is InChI=1S/C11H12BrO2.Y/c1-8-2-3-9-4-5-10(7-13-12)14-11(9)6-8;/h2-3,10H,4-5,7H2,1H3;/q-1;/t10-;/m1./s1. The van der Waals surface area contributed by atoms with Gasteiger partial charge >= 0.3 is 0 Å². The molecular formula is C11H12BrO2Y-. The largest absolute Gasteiger partial charge is 0.514 e. The Balaban J connectivity index is 0.00000112. The maximum absolute atomic E-state index is 5.74. The number of hydrogen-bond acceptors (Lipinski definition) is 2. The van der Waals surface area contributed by atoms with Gasteiger partial charge in [0.15, 0.2) is 0 Å². The first kappa shape index (κ1) is 13.6. The zero-order valence-corrected chi connectivity index (χ0v) is 13.0. The topological polar surface area (TPSA) is 18.5 Å². The number of halogens is 1. The van der Waals surface area contributed by atoms with E-state index >= 15 is 0 Å². The Morgan fingerprint density at radius 3 is 3.13 bits per heavy atom. The Labute approximate surface area is 124 Å². The van der Waals surface area contributed by atoms with Crippen molar-refractivity contribution >= 4 is 16.3 Å². The molecule has 0 aliphatic carbocycles. The summed E-state index contributed by atoms with van der Waals surface area (Å²) >= 11 is 2.95. The van der Waals surface area contributed by atoms with E-state index in [1.54, 1.807) is 0 Å². The van der Waals surface area contributed by atoms with Crippen LogP contribution in [0.2, 0.25) is 0 Å². The molecule has 0 saturated carbocycles. The Morgan fingerprint density at radius 1 is 1.60 bits per heavy atom. The minimum Gasteiger partial charge on any atom is -0.514 e. The van der Waals surface area contributed by atoms with Gasteiger partial charge in [0.25, 0.3) is 0 Å². The number of aryl methyl sites for hydroxylation is 2. The predicted molar refractivity (Wildman–Crippen MR) is 57.6 cm³/mol. The summed E-state index contributed by atoms with van der Waals surface area (Å²) in [5, 5.41) is 0. The molecule has 79 valence electrons. The molecular weight excluding hydrogens is 333 g/mol. The first-order chi connectivity index (χ1) is 6.79. The minimum absolute atomic E-state index is 0. The average molecular weight is 345 g/mol. The van der Waals surface area contributed by atoms with Crippen molar-refractivity contribution in [2.45, 2.75) is 25.9 Å². The van der Waals surface area contributed by atoms with Crippen LogP contribution in [-0.4, -0.2) is 12.7 Å². The summed E-state index contributed by atoms with van der Waals surface area (Å²) in [5.74, 6) is 0.894. The summed E-state index contributed by atoms with van der Waals surface area (Å²) in [6, 6.07) is 7.41. The summed E-state index contributed by atoms with van der Waals surface area (Å²) in [6.07, 6.45) is 2.21. The molecule has 4 heteroatoms. The van der Waals surface area contributed by atoms with Gasteiger partial charge in [0.05, 0.1) is 22.9 Å². The molecule has 1 heterocycles. The van der Waals surface area contributed by atoms with Gasteiger partial charge in [-0.25, -0.2) is 0 Å². The van der Waals surface area contributed by atoms with Crippen molar-refractivity contribution in [2.75, 3.05) is 6.61 Å². The molecule has 0 N–H and O–H groups in total. The van der Waals surface area contributed by atoms with Gasteiger partial charge in [-0.15, -0.1) is 11.6 Å². The quantitative estimate of drug-likeness (QED) is 0.768. The summed E-state index contributed by atoms with van der Waals surface area (Å²) < 4.78 is 10.6. The molecule has 0 amide bonds. The van der Waals surface area contributed by atoms with E-state index < -0.39 is 0 Å². The molecule has 1 aromatic carbocycles. The van der Waals surface area contributed by atoms with Crippen molar-refractivity contribution in [2.24, 2.45) is 0 Å². The van der Waals surface area contributed by atoms with Crippen LogP contribution in [0.3, 0.4) is 0 Å². The van der Waals surface area contributed by atoms with E-state index in [0.29, 0.717) is 6.61 Å². The number of fused-ring (bicyclic) bond motifs is 1. The Bertz CT molecular complexity index is 330. The van der Waals surface area contributed by atoms with Gasteiger partial charge < -0.3 is 8.57 Å². The molecule has 1 aliphatic heterocycles. The summed E-state index contributed by atoms with van der Waals surface area (Å²) in [6.45, 7) is 2.61. The fourth-order valence-electron chi connectivity index (χ4n) is 1.63. The maximum Gasteiger partial charge on any atom is 0.119 e. The second kappa shape index (κ2) is 6.34. The SMILES string of the molecule is Cc1[c-]c2c(cc1)CC[C@H](COBr)O2.[Y]. The molecule has 15 heavy (non-hydrogen) atoms. The van der Waals surface area contributed by atoms with Crippen molar-refractivity contribution < 1.29 is 41.3 Å². The van der Waals surface area contributed by atoms with Crippen LogP contribution in [0.25, 0.3) is 0 Å². The smallest absolute Gasteiger partial charge is 0.119 e. The van der Waals surface area contributed by atoms with Crippen LogP contribution in [0.4, 0.5) is 0 Å². The van der Waals surface area contributed by atoms with Crippen LogP contribution in [0.5, 0.6) is 5.75 Å². The Hall–Kier alpha value is 0.564. The maximum atomic E-state index is 5.74. The third-order valence-electron chi connectivity index (χ3n) is 2.41. The molecule has 0 saturated heterocycles. The summed E-state index contributed by atoms with van der Waals surface area (Å²) in [7, 11) is 0. The second-order valence-electron chi connectivity index (χ2n) is 3.55. The fourth-order valence-corrected chi connectivity index (χ4v) is 1.93. The van der Waals surface area contributed by atoms with E-state index in [4.69, 9.17) is 8.57 Å². The Kier molecular flexibility index (Phi) is 5.76. The van der Waals surface area contributed by atoms with E-state index in [0.717, 1.165) is 24.2 Å². The van der Waals surface area contributed by atoms with Crippen LogP contribution in [0, 0.1) is 13.0 Å². The van der Waals surface area contributed by atoms with Gasteiger partial charge in [-0.1, -0.05) is 13.3 Å². The molecule has 0 fully saturated rings. The molecule has 0 spiro atoms. The third kappa shape index (κ3) is 3.52. The zero-order valence-electron chi connectivity index (χ0n) is 8.63. The second-order valence-corrected chi connectivity index (χ2v) is 4.01. The normalized spacial score (nSPS) is 18.7. The van der Waals surface area contributed by atoms with Crippen molar-refractivity contribution in [1.29, 1.82) is 0 Å². The van der Waals surface area contributed by atoms with E-state index in [-0.39, 0.29) is 38.8 Å². The van der Waals surface area contributed by atoms with E-state index in [1.165, 1.54) is 5.56 Å².